The highest BCUT2D eigenvalue weighted by Crippen LogP contribution is 2.70. The van der Waals surface area contributed by atoms with Gasteiger partial charge < -0.3 is 30.3 Å². The van der Waals surface area contributed by atoms with E-state index in [0.717, 1.165) is 30.4 Å². The Kier molecular flexibility index (Phi) is 6.40. The van der Waals surface area contributed by atoms with E-state index in [1.165, 1.54) is 6.07 Å². The van der Waals surface area contributed by atoms with Crippen LogP contribution in [0.15, 0.2) is 34.8 Å². The van der Waals surface area contributed by atoms with Crippen molar-refractivity contribution in [2.45, 2.75) is 88.4 Å². The van der Waals surface area contributed by atoms with Gasteiger partial charge in [-0.15, -0.1) is 0 Å². The fourth-order valence-corrected chi connectivity index (χ4v) is 9.51. The normalized spacial score (nSPS) is 43.5. The van der Waals surface area contributed by atoms with Gasteiger partial charge in [0.2, 0.25) is 0 Å². The average Bonchev–Trinajstić information content (AvgIpc) is 3.43. The average molecular weight is 540 g/mol. The lowest BCUT2D eigenvalue weighted by Gasteiger charge is -2.65. The number of phenolic OH excluding ortho intramolecular Hbond substituents is 2. The number of hydrogen-bond acceptors (Lipinski definition) is 8. The lowest BCUT2D eigenvalue weighted by molar-refractivity contribution is -0.237. The van der Waals surface area contributed by atoms with E-state index in [9.17, 15) is 30.3 Å². The summed E-state index contributed by atoms with van der Waals surface area (Å²) in [4.78, 5) is 16.7. The molecule has 8 atom stereocenters. The van der Waals surface area contributed by atoms with E-state index in [4.69, 9.17) is 9.73 Å². The Balaban J connectivity index is 1.29. The molecule has 0 unspecified atom stereocenters. The summed E-state index contributed by atoms with van der Waals surface area (Å²) in [6, 6.07) is 4.77. The second kappa shape index (κ2) is 9.32. The van der Waals surface area contributed by atoms with Gasteiger partial charge in [0.05, 0.1) is 17.3 Å². The summed E-state index contributed by atoms with van der Waals surface area (Å²) in [5.41, 5.74) is -1.12. The van der Waals surface area contributed by atoms with Crippen molar-refractivity contribution >= 4 is 12.2 Å². The van der Waals surface area contributed by atoms with Gasteiger partial charge in [0.1, 0.15) is 6.61 Å². The van der Waals surface area contributed by atoms with Crippen LogP contribution < -0.4 is 0 Å². The topological polar surface area (TPSA) is 140 Å². The summed E-state index contributed by atoms with van der Waals surface area (Å²) in [7, 11) is 0. The summed E-state index contributed by atoms with van der Waals surface area (Å²) in [6.45, 7) is 2.97. The monoisotopic (exact) mass is 539 g/mol. The maximum absolute atomic E-state index is 12.5. The first-order valence-corrected chi connectivity index (χ1v) is 14.5. The molecule has 0 bridgehead atoms. The summed E-state index contributed by atoms with van der Waals surface area (Å²) in [5.74, 6) is -0.457. The molecule has 1 aliphatic heterocycles. The van der Waals surface area contributed by atoms with Crippen molar-refractivity contribution in [2.75, 3.05) is 13.2 Å². The van der Waals surface area contributed by atoms with Gasteiger partial charge >= 0.3 is 5.97 Å². The van der Waals surface area contributed by atoms with E-state index < -0.39 is 22.7 Å². The van der Waals surface area contributed by atoms with Crippen LogP contribution in [0.25, 0.3) is 0 Å². The van der Waals surface area contributed by atoms with Crippen LogP contribution in [-0.4, -0.2) is 68.2 Å². The zero-order valence-electron chi connectivity index (χ0n) is 22.7. The van der Waals surface area contributed by atoms with E-state index in [1.807, 2.05) is 6.21 Å². The number of aliphatic imine (C=N–C) groups is 1. The van der Waals surface area contributed by atoms with Crippen LogP contribution in [0.1, 0.15) is 70.3 Å². The van der Waals surface area contributed by atoms with Gasteiger partial charge in [0, 0.05) is 36.1 Å². The van der Waals surface area contributed by atoms with E-state index in [2.05, 4.69) is 6.92 Å². The molecular formula is C31H41NO7. The predicted octanol–water partition coefficient (Wildman–Crippen LogP) is 3.42. The zero-order valence-corrected chi connectivity index (χ0v) is 22.7. The molecule has 4 aliphatic carbocycles. The molecule has 212 valence electrons. The largest absolute Gasteiger partial charge is 0.504 e. The Bertz CT molecular complexity index is 1210. The third kappa shape index (κ3) is 3.97. The first kappa shape index (κ1) is 26.8. The molecule has 0 saturated heterocycles. The first-order chi connectivity index (χ1) is 18.5. The molecule has 39 heavy (non-hydrogen) atoms. The lowest BCUT2D eigenvalue weighted by atomic mass is 9.41. The Hall–Kier alpha value is -2.42. The number of benzene rings is 1. The summed E-state index contributed by atoms with van der Waals surface area (Å²) < 4.78 is 5.24. The minimum absolute atomic E-state index is 0.00381. The third-order valence-electron chi connectivity index (χ3n) is 11.5. The number of phenols is 2. The molecule has 6 rings (SSSR count). The van der Waals surface area contributed by atoms with Gasteiger partial charge in [-0.25, -0.2) is 4.79 Å². The van der Waals surface area contributed by atoms with E-state index in [-0.39, 0.29) is 40.6 Å². The number of rotatable bonds is 5. The number of cyclic esters (lactones) is 1. The standard InChI is InChI=1S/C31H41NO7/c1-28-9-5-23-24(31(28,38)12-7-22(28)20-15-27(36)39-17-20)6-11-30(37)16-21(33)4-10-29(23,30)18-32-13-8-19-2-3-25(34)26(35)14-19/h2-3,14-15,18,21-24,33-35,37-38H,4-13,16-17H2,1H3/t21-,22+,23+,24+,28+,29-,30+,31-/m0/s1. The highest BCUT2D eigenvalue weighted by molar-refractivity contribution is 5.85. The van der Waals surface area contributed by atoms with Crippen LogP contribution in [0, 0.1) is 28.6 Å². The van der Waals surface area contributed by atoms with Gasteiger partial charge in [-0.1, -0.05) is 13.0 Å². The van der Waals surface area contributed by atoms with Crippen molar-refractivity contribution in [1.82, 2.24) is 0 Å². The second-order valence-corrected chi connectivity index (χ2v) is 13.1. The van der Waals surface area contributed by atoms with Gasteiger partial charge in [-0.2, -0.15) is 0 Å². The van der Waals surface area contributed by atoms with Crippen molar-refractivity contribution in [3.8, 4) is 11.5 Å². The summed E-state index contributed by atoms with van der Waals surface area (Å²) >= 11 is 0. The summed E-state index contributed by atoms with van der Waals surface area (Å²) in [5, 5.41) is 54.6. The first-order valence-electron chi connectivity index (χ1n) is 14.5. The molecule has 5 aliphatic rings. The number of carbonyl (C=O) groups excluding carboxylic acids is 1. The van der Waals surface area contributed by atoms with E-state index in [0.29, 0.717) is 58.1 Å². The maximum atomic E-state index is 12.5. The number of hydrogen-bond donors (Lipinski definition) is 5. The number of aliphatic hydroxyl groups excluding tert-OH is 1. The molecule has 5 N–H and O–H groups in total. The zero-order chi connectivity index (χ0) is 27.6. The van der Waals surface area contributed by atoms with Crippen LogP contribution >= 0.6 is 0 Å². The van der Waals surface area contributed by atoms with Crippen LogP contribution in [0.5, 0.6) is 11.5 Å². The Labute approximate surface area is 229 Å². The molecular weight excluding hydrogens is 498 g/mol. The molecule has 8 heteroatoms. The number of fused-ring (bicyclic) bond motifs is 5. The highest BCUT2D eigenvalue weighted by Gasteiger charge is 2.71. The molecule has 0 radical (unpaired) electrons. The molecule has 1 aromatic rings. The number of carbonyl (C=O) groups is 1. The fraction of sp³-hybridized carbons (Fsp3) is 0.677. The fourth-order valence-electron chi connectivity index (χ4n) is 9.51. The molecule has 4 saturated carbocycles. The number of nitrogens with zero attached hydrogens (tertiary/aromatic N) is 1. The van der Waals surface area contributed by atoms with Gasteiger partial charge in [-0.05, 0) is 98.8 Å². The van der Waals surface area contributed by atoms with Crippen LogP contribution in [-0.2, 0) is 16.0 Å². The summed E-state index contributed by atoms with van der Waals surface area (Å²) in [6.07, 6.45) is 9.48. The number of aliphatic hydroxyl groups is 3. The number of aromatic hydroxyl groups is 2. The number of esters is 1. The van der Waals surface area contributed by atoms with Crippen molar-refractivity contribution in [2.24, 2.45) is 33.6 Å². The van der Waals surface area contributed by atoms with Crippen LogP contribution in [0.4, 0.5) is 0 Å². The Morgan fingerprint density at radius 1 is 1.03 bits per heavy atom. The second-order valence-electron chi connectivity index (χ2n) is 13.1. The Morgan fingerprint density at radius 2 is 1.82 bits per heavy atom. The molecule has 0 spiro atoms. The van der Waals surface area contributed by atoms with Crippen molar-refractivity contribution < 1.29 is 35.1 Å². The van der Waals surface area contributed by atoms with Crippen molar-refractivity contribution in [3.05, 3.63) is 35.4 Å². The Morgan fingerprint density at radius 3 is 2.56 bits per heavy atom. The van der Waals surface area contributed by atoms with Gasteiger partial charge in [0.25, 0.3) is 0 Å². The smallest absolute Gasteiger partial charge is 0.331 e. The maximum Gasteiger partial charge on any atom is 0.331 e. The minimum atomic E-state index is -1.08. The van der Waals surface area contributed by atoms with Crippen LogP contribution in [0.3, 0.4) is 0 Å². The van der Waals surface area contributed by atoms with Gasteiger partial charge in [0.15, 0.2) is 11.5 Å². The van der Waals surface area contributed by atoms with Crippen LogP contribution in [0.2, 0.25) is 0 Å². The van der Waals surface area contributed by atoms with Crippen molar-refractivity contribution in [3.63, 3.8) is 0 Å². The van der Waals surface area contributed by atoms with Gasteiger partial charge in [-0.3, -0.25) is 4.99 Å². The third-order valence-corrected chi connectivity index (χ3v) is 11.5. The SMILES string of the molecule is C[C@]12CC[C@@H]3[C@@H](CC[C@@]4(O)C[C@@H](O)CC[C@]34C=NCCc3ccc(O)c(O)c3)[C@@]1(O)CC[C@@H]2C1=CC(=O)OC1. The highest BCUT2D eigenvalue weighted by atomic mass is 16.5. The molecule has 0 aromatic heterocycles. The minimum Gasteiger partial charge on any atom is -0.504 e. The van der Waals surface area contributed by atoms with Crippen molar-refractivity contribution in [1.29, 1.82) is 0 Å². The molecule has 0 amide bonds. The quantitative estimate of drug-likeness (QED) is 0.219. The molecule has 8 nitrogen and oxygen atoms in total. The number of ether oxygens (including phenoxy) is 1. The lowest BCUT2D eigenvalue weighted by Crippen LogP contribution is -2.68. The van der Waals surface area contributed by atoms with E-state index >= 15 is 0 Å². The molecule has 1 heterocycles. The van der Waals surface area contributed by atoms with E-state index in [1.54, 1.807) is 18.2 Å². The molecule has 1 aromatic carbocycles. The predicted molar refractivity (Wildman–Crippen MR) is 144 cm³/mol. The molecule has 4 fully saturated rings.